The first-order chi connectivity index (χ1) is 15.5. The molecule has 32 heavy (non-hydrogen) atoms. The van der Waals surface area contributed by atoms with Gasteiger partial charge in [0.25, 0.3) is 0 Å². The van der Waals surface area contributed by atoms with E-state index in [0.717, 1.165) is 39.2 Å². The second kappa shape index (κ2) is 7.64. The SMILES string of the molecule is COc1ccc(Cc2nc3c4c(C)c(C)n(-c5ccc(F)cc5)c4ncn3n2)cc1OC. The van der Waals surface area contributed by atoms with Crippen LogP contribution in [-0.4, -0.2) is 38.4 Å². The van der Waals surface area contributed by atoms with Gasteiger partial charge in [-0.1, -0.05) is 6.07 Å². The highest BCUT2D eigenvalue weighted by atomic mass is 19.1. The molecule has 7 nitrogen and oxygen atoms in total. The molecule has 3 aromatic heterocycles. The van der Waals surface area contributed by atoms with Gasteiger partial charge in [-0.25, -0.2) is 18.9 Å². The summed E-state index contributed by atoms with van der Waals surface area (Å²) >= 11 is 0. The number of hydrogen-bond acceptors (Lipinski definition) is 5. The normalized spacial score (nSPS) is 11.4. The molecule has 0 radical (unpaired) electrons. The van der Waals surface area contributed by atoms with Crippen LogP contribution in [-0.2, 0) is 6.42 Å². The Labute approximate surface area is 184 Å². The van der Waals surface area contributed by atoms with Gasteiger partial charge in [-0.15, -0.1) is 5.10 Å². The van der Waals surface area contributed by atoms with Gasteiger partial charge in [0.15, 0.2) is 28.6 Å². The molecule has 162 valence electrons. The molecule has 0 aliphatic carbocycles. The highest BCUT2D eigenvalue weighted by molar-refractivity contribution is 5.95. The van der Waals surface area contributed by atoms with Gasteiger partial charge >= 0.3 is 0 Å². The second-order valence-electron chi connectivity index (χ2n) is 7.63. The van der Waals surface area contributed by atoms with Crippen molar-refractivity contribution >= 4 is 16.7 Å². The van der Waals surface area contributed by atoms with Crippen LogP contribution in [0.3, 0.4) is 0 Å². The fourth-order valence-corrected chi connectivity index (χ4v) is 4.06. The van der Waals surface area contributed by atoms with E-state index >= 15 is 0 Å². The van der Waals surface area contributed by atoms with Crippen molar-refractivity contribution in [3.63, 3.8) is 0 Å². The molecule has 0 saturated carbocycles. The molecule has 0 saturated heterocycles. The van der Waals surface area contributed by atoms with E-state index in [9.17, 15) is 4.39 Å². The highest BCUT2D eigenvalue weighted by Gasteiger charge is 2.19. The lowest BCUT2D eigenvalue weighted by atomic mass is 10.1. The minimum absolute atomic E-state index is 0.271. The maximum atomic E-state index is 13.4. The minimum Gasteiger partial charge on any atom is -0.493 e. The number of rotatable bonds is 5. The molecule has 3 heterocycles. The van der Waals surface area contributed by atoms with E-state index < -0.39 is 0 Å². The Morgan fingerprint density at radius 3 is 2.41 bits per heavy atom. The fourth-order valence-electron chi connectivity index (χ4n) is 4.06. The van der Waals surface area contributed by atoms with E-state index in [1.807, 2.05) is 36.6 Å². The van der Waals surface area contributed by atoms with Crippen LogP contribution < -0.4 is 9.47 Å². The van der Waals surface area contributed by atoms with Gasteiger partial charge in [0.05, 0.1) is 19.6 Å². The summed E-state index contributed by atoms with van der Waals surface area (Å²) in [6, 6.07) is 12.2. The largest absolute Gasteiger partial charge is 0.493 e. The first-order valence-electron chi connectivity index (χ1n) is 10.2. The zero-order valence-corrected chi connectivity index (χ0v) is 18.3. The standard InChI is InChI=1S/C24H22FN5O2/c1-14-15(2)30(18-8-6-17(25)7-9-18)23-22(14)24-27-21(28-29(24)13-26-23)12-16-5-10-19(31-3)20(11-16)32-4/h5-11,13H,12H2,1-4H3. The smallest absolute Gasteiger partial charge is 0.168 e. The first kappa shape index (κ1) is 20.0. The average molecular weight is 431 g/mol. The quantitative estimate of drug-likeness (QED) is 0.412. The summed E-state index contributed by atoms with van der Waals surface area (Å²) in [5, 5.41) is 5.56. The van der Waals surface area contributed by atoms with Crippen LogP contribution in [0.2, 0.25) is 0 Å². The number of aromatic nitrogens is 5. The van der Waals surface area contributed by atoms with Crippen molar-refractivity contribution < 1.29 is 13.9 Å². The van der Waals surface area contributed by atoms with Crippen molar-refractivity contribution in [3.8, 4) is 17.2 Å². The van der Waals surface area contributed by atoms with Gasteiger partial charge < -0.3 is 9.47 Å². The van der Waals surface area contributed by atoms with Crippen LogP contribution in [0.5, 0.6) is 11.5 Å². The molecule has 8 heteroatoms. The summed E-state index contributed by atoms with van der Waals surface area (Å²) in [5.74, 6) is 1.75. The van der Waals surface area contributed by atoms with Gasteiger partial charge in [-0.05, 0) is 61.4 Å². The molecule has 0 atom stereocenters. The molecule has 0 amide bonds. The Bertz CT molecular complexity index is 1450. The van der Waals surface area contributed by atoms with Crippen LogP contribution in [0.4, 0.5) is 4.39 Å². The zero-order chi connectivity index (χ0) is 22.4. The van der Waals surface area contributed by atoms with E-state index in [1.165, 1.54) is 12.1 Å². The number of fused-ring (bicyclic) bond motifs is 3. The Morgan fingerprint density at radius 1 is 0.938 bits per heavy atom. The molecule has 0 fully saturated rings. The number of benzene rings is 2. The third-order valence-corrected chi connectivity index (χ3v) is 5.77. The lowest BCUT2D eigenvalue weighted by Gasteiger charge is -2.08. The molecule has 5 aromatic rings. The Kier molecular flexibility index (Phi) is 4.77. The number of hydrogen-bond donors (Lipinski definition) is 0. The first-order valence-corrected chi connectivity index (χ1v) is 10.2. The summed E-state index contributed by atoms with van der Waals surface area (Å²) in [4.78, 5) is 9.48. The van der Waals surface area contributed by atoms with Crippen LogP contribution in [0.1, 0.15) is 22.6 Å². The summed E-state index contributed by atoms with van der Waals surface area (Å²) in [6.45, 7) is 4.07. The molecule has 0 aliphatic rings. The lowest BCUT2D eigenvalue weighted by Crippen LogP contribution is -1.99. The molecule has 2 aromatic carbocycles. The third kappa shape index (κ3) is 3.15. The van der Waals surface area contributed by atoms with Crippen molar-refractivity contribution in [2.24, 2.45) is 0 Å². The number of methoxy groups -OCH3 is 2. The van der Waals surface area contributed by atoms with E-state index in [2.05, 4.69) is 10.1 Å². The maximum Gasteiger partial charge on any atom is 0.168 e. The van der Waals surface area contributed by atoms with Crippen LogP contribution >= 0.6 is 0 Å². The number of nitrogens with zero attached hydrogens (tertiary/aromatic N) is 5. The predicted octanol–water partition coefficient (Wildman–Crippen LogP) is 4.43. The molecule has 5 rings (SSSR count). The molecule has 0 unspecified atom stereocenters. The fraction of sp³-hybridized carbons (Fsp3) is 0.208. The molecular weight excluding hydrogens is 409 g/mol. The van der Waals surface area contributed by atoms with Crippen LogP contribution in [0.25, 0.3) is 22.4 Å². The number of ether oxygens (including phenoxy) is 2. The van der Waals surface area contributed by atoms with E-state index in [1.54, 1.807) is 37.2 Å². The average Bonchev–Trinajstić information content (AvgIpc) is 3.32. The monoisotopic (exact) mass is 431 g/mol. The molecule has 0 N–H and O–H groups in total. The van der Waals surface area contributed by atoms with Gasteiger partial charge in [0.2, 0.25) is 0 Å². The van der Waals surface area contributed by atoms with Crippen molar-refractivity contribution in [2.75, 3.05) is 14.2 Å². The maximum absolute atomic E-state index is 13.4. The molecule has 0 bridgehead atoms. The Morgan fingerprint density at radius 2 is 1.69 bits per heavy atom. The van der Waals surface area contributed by atoms with Gasteiger partial charge in [-0.3, -0.25) is 4.57 Å². The summed E-state index contributed by atoms with van der Waals surface area (Å²) in [5.41, 5.74) is 5.46. The van der Waals surface area contributed by atoms with E-state index in [4.69, 9.17) is 14.5 Å². The minimum atomic E-state index is -0.271. The van der Waals surface area contributed by atoms with Crippen molar-refractivity contribution in [1.29, 1.82) is 0 Å². The van der Waals surface area contributed by atoms with E-state index in [0.29, 0.717) is 23.7 Å². The molecule has 0 aliphatic heterocycles. The summed E-state index contributed by atoms with van der Waals surface area (Å²) in [7, 11) is 3.23. The zero-order valence-electron chi connectivity index (χ0n) is 18.3. The predicted molar refractivity (Wildman–Crippen MR) is 119 cm³/mol. The second-order valence-corrected chi connectivity index (χ2v) is 7.63. The Balaban J connectivity index is 1.61. The van der Waals surface area contributed by atoms with Crippen LogP contribution in [0.15, 0.2) is 48.8 Å². The van der Waals surface area contributed by atoms with Gasteiger partial charge in [0.1, 0.15) is 12.1 Å². The van der Waals surface area contributed by atoms with Crippen molar-refractivity contribution in [1.82, 2.24) is 24.1 Å². The van der Waals surface area contributed by atoms with Crippen LogP contribution in [0, 0.1) is 19.7 Å². The topological polar surface area (TPSA) is 66.5 Å². The summed E-state index contributed by atoms with van der Waals surface area (Å²) in [6.07, 6.45) is 2.21. The number of aryl methyl sites for hydroxylation is 1. The molecule has 0 spiro atoms. The van der Waals surface area contributed by atoms with Gasteiger partial charge in [-0.2, -0.15) is 0 Å². The molecular formula is C24H22FN5O2. The van der Waals surface area contributed by atoms with Gasteiger partial charge in [0, 0.05) is 17.8 Å². The lowest BCUT2D eigenvalue weighted by molar-refractivity contribution is 0.354. The third-order valence-electron chi connectivity index (χ3n) is 5.77. The summed E-state index contributed by atoms with van der Waals surface area (Å²) < 4.78 is 27.9. The highest BCUT2D eigenvalue weighted by Crippen LogP contribution is 2.31. The van der Waals surface area contributed by atoms with Crippen molar-refractivity contribution in [2.45, 2.75) is 20.3 Å². The van der Waals surface area contributed by atoms with E-state index in [-0.39, 0.29) is 5.82 Å². The Hall–Kier alpha value is -3.94. The van der Waals surface area contributed by atoms with Crippen molar-refractivity contribution in [3.05, 3.63) is 77.3 Å². The number of halogens is 1.